The fourth-order valence-electron chi connectivity index (χ4n) is 5.35. The summed E-state index contributed by atoms with van der Waals surface area (Å²) in [6.45, 7) is 5.00. The zero-order valence-corrected chi connectivity index (χ0v) is 17.7. The summed E-state index contributed by atoms with van der Waals surface area (Å²) in [6.07, 6.45) is 7.02. The minimum atomic E-state index is 0.287. The number of nitrogens with one attached hydrogen (secondary N) is 1. The molecule has 6 rings (SSSR count). The molecule has 0 spiro atoms. The number of rotatable bonds is 4. The summed E-state index contributed by atoms with van der Waals surface area (Å²) in [5.74, 6) is 0.489. The Bertz CT molecular complexity index is 1060. The molecule has 0 radical (unpaired) electrons. The van der Waals surface area contributed by atoms with Gasteiger partial charge in [-0.1, -0.05) is 24.3 Å². The van der Waals surface area contributed by atoms with E-state index < -0.39 is 0 Å². The highest BCUT2D eigenvalue weighted by atomic mass is 16.5. The number of fused-ring (bicyclic) bond motifs is 3. The first-order chi connectivity index (χ1) is 15.2. The SMILES string of the molecule is Nc1ncnc2c1c(-c1ccc(CN3CC4CCC(C3)O4)cc1)nn2[C@@H]1CCCNC1. The fraction of sp³-hybridized carbons (Fsp3) is 0.522. The summed E-state index contributed by atoms with van der Waals surface area (Å²) in [5.41, 5.74) is 10.3. The van der Waals surface area contributed by atoms with E-state index in [4.69, 9.17) is 15.6 Å². The molecule has 2 unspecified atom stereocenters. The Morgan fingerprint density at radius 3 is 2.61 bits per heavy atom. The first-order valence-corrected chi connectivity index (χ1v) is 11.4. The predicted octanol–water partition coefficient (Wildman–Crippen LogP) is 2.36. The van der Waals surface area contributed by atoms with Gasteiger partial charge in [0.05, 0.1) is 23.6 Å². The van der Waals surface area contributed by atoms with Gasteiger partial charge in [-0.05, 0) is 37.8 Å². The first-order valence-electron chi connectivity index (χ1n) is 11.4. The Morgan fingerprint density at radius 1 is 1.06 bits per heavy atom. The smallest absolute Gasteiger partial charge is 0.164 e. The number of nitrogens with two attached hydrogens (primary N) is 1. The minimum Gasteiger partial charge on any atom is -0.383 e. The molecule has 3 N–H and O–H groups in total. The molecule has 3 saturated heterocycles. The van der Waals surface area contributed by atoms with Crippen molar-refractivity contribution in [1.29, 1.82) is 0 Å². The van der Waals surface area contributed by atoms with Crippen LogP contribution in [0.4, 0.5) is 5.82 Å². The molecule has 5 heterocycles. The maximum absolute atomic E-state index is 6.28. The number of nitrogens with zero attached hydrogens (tertiary/aromatic N) is 5. The topological polar surface area (TPSA) is 94.1 Å². The summed E-state index contributed by atoms with van der Waals surface area (Å²) >= 11 is 0. The van der Waals surface area contributed by atoms with Gasteiger partial charge in [0.25, 0.3) is 0 Å². The number of anilines is 1. The van der Waals surface area contributed by atoms with Crippen LogP contribution in [0, 0.1) is 0 Å². The molecule has 2 bridgehead atoms. The Morgan fingerprint density at radius 2 is 1.87 bits per heavy atom. The number of ether oxygens (including phenoxy) is 1. The van der Waals surface area contributed by atoms with Gasteiger partial charge in [-0.15, -0.1) is 0 Å². The lowest BCUT2D eigenvalue weighted by molar-refractivity contribution is -0.0410. The van der Waals surface area contributed by atoms with E-state index in [2.05, 4.69) is 44.5 Å². The molecule has 3 aromatic rings. The van der Waals surface area contributed by atoms with Crippen LogP contribution in [-0.4, -0.2) is 63.0 Å². The van der Waals surface area contributed by atoms with Gasteiger partial charge >= 0.3 is 0 Å². The van der Waals surface area contributed by atoms with Gasteiger partial charge in [0.1, 0.15) is 17.8 Å². The zero-order valence-electron chi connectivity index (χ0n) is 17.7. The van der Waals surface area contributed by atoms with E-state index in [0.29, 0.717) is 18.0 Å². The highest BCUT2D eigenvalue weighted by Gasteiger charge is 2.33. The molecule has 3 atom stereocenters. The average Bonchev–Trinajstić information content (AvgIpc) is 3.36. The van der Waals surface area contributed by atoms with Gasteiger partial charge in [-0.25, -0.2) is 14.6 Å². The van der Waals surface area contributed by atoms with Gasteiger partial charge in [0.2, 0.25) is 0 Å². The number of nitrogen functional groups attached to an aromatic ring is 1. The van der Waals surface area contributed by atoms with Crippen LogP contribution in [0.25, 0.3) is 22.3 Å². The van der Waals surface area contributed by atoms with E-state index in [1.54, 1.807) is 0 Å². The van der Waals surface area contributed by atoms with Crippen molar-refractivity contribution in [2.24, 2.45) is 0 Å². The lowest BCUT2D eigenvalue weighted by Crippen LogP contribution is -2.41. The van der Waals surface area contributed by atoms with Gasteiger partial charge in [-0.3, -0.25) is 4.90 Å². The fourth-order valence-corrected chi connectivity index (χ4v) is 5.35. The van der Waals surface area contributed by atoms with Gasteiger partial charge in [0, 0.05) is 31.7 Å². The average molecular weight is 420 g/mol. The molecular formula is C23H29N7O. The third-order valence-electron chi connectivity index (χ3n) is 6.89. The van der Waals surface area contributed by atoms with E-state index in [1.807, 2.05) is 4.68 Å². The number of benzene rings is 1. The van der Waals surface area contributed by atoms with Crippen LogP contribution in [0.15, 0.2) is 30.6 Å². The molecule has 0 aliphatic carbocycles. The van der Waals surface area contributed by atoms with Gasteiger partial charge in [0.15, 0.2) is 5.65 Å². The van der Waals surface area contributed by atoms with Gasteiger partial charge in [-0.2, -0.15) is 5.10 Å². The maximum atomic E-state index is 6.28. The molecule has 3 aliphatic heterocycles. The quantitative estimate of drug-likeness (QED) is 0.670. The molecule has 31 heavy (non-hydrogen) atoms. The van der Waals surface area contributed by atoms with Crippen molar-refractivity contribution in [3.63, 3.8) is 0 Å². The number of likely N-dealkylation sites (tertiary alicyclic amines) is 1. The second-order valence-corrected chi connectivity index (χ2v) is 9.10. The second-order valence-electron chi connectivity index (χ2n) is 9.10. The van der Waals surface area contributed by atoms with Crippen molar-refractivity contribution in [3.8, 4) is 11.3 Å². The van der Waals surface area contributed by atoms with E-state index in [-0.39, 0.29) is 6.04 Å². The van der Waals surface area contributed by atoms with Crippen LogP contribution in [0.3, 0.4) is 0 Å². The Balaban J connectivity index is 1.29. The summed E-state index contributed by atoms with van der Waals surface area (Å²) in [7, 11) is 0. The van der Waals surface area contributed by atoms with Crippen LogP contribution in [-0.2, 0) is 11.3 Å². The van der Waals surface area contributed by atoms with Crippen molar-refractivity contribution in [3.05, 3.63) is 36.2 Å². The van der Waals surface area contributed by atoms with Crippen molar-refractivity contribution < 1.29 is 4.74 Å². The molecular weight excluding hydrogens is 390 g/mol. The normalized spacial score (nSPS) is 26.5. The second kappa shape index (κ2) is 7.85. The summed E-state index contributed by atoms with van der Waals surface area (Å²) in [5, 5.41) is 9.31. The first kappa shape index (κ1) is 19.2. The van der Waals surface area contributed by atoms with Crippen LogP contribution < -0.4 is 11.1 Å². The molecule has 8 heteroatoms. The van der Waals surface area contributed by atoms with E-state index >= 15 is 0 Å². The van der Waals surface area contributed by atoms with Gasteiger partial charge < -0.3 is 15.8 Å². The number of hydrogen-bond acceptors (Lipinski definition) is 7. The zero-order chi connectivity index (χ0) is 20.8. The van der Waals surface area contributed by atoms with Crippen molar-refractivity contribution in [2.45, 2.75) is 50.5 Å². The molecule has 0 saturated carbocycles. The third-order valence-corrected chi connectivity index (χ3v) is 6.89. The van der Waals surface area contributed by atoms with E-state index in [1.165, 1.54) is 24.7 Å². The number of morpholine rings is 1. The van der Waals surface area contributed by atoms with Crippen LogP contribution in [0.1, 0.15) is 37.3 Å². The minimum absolute atomic E-state index is 0.287. The monoisotopic (exact) mass is 419 g/mol. The van der Waals surface area contributed by atoms with Crippen molar-refractivity contribution >= 4 is 16.9 Å². The lowest BCUT2D eigenvalue weighted by Gasteiger charge is -2.32. The molecule has 3 fully saturated rings. The summed E-state index contributed by atoms with van der Waals surface area (Å²) < 4.78 is 8.01. The Hall–Kier alpha value is -2.55. The largest absolute Gasteiger partial charge is 0.383 e. The Kier molecular flexibility index (Phi) is 4.85. The number of piperidine rings is 1. The van der Waals surface area contributed by atoms with Crippen LogP contribution in [0.2, 0.25) is 0 Å². The molecule has 8 nitrogen and oxygen atoms in total. The molecule has 162 valence electrons. The number of hydrogen-bond donors (Lipinski definition) is 2. The van der Waals surface area contributed by atoms with E-state index in [9.17, 15) is 0 Å². The number of aromatic nitrogens is 4. The summed E-state index contributed by atoms with van der Waals surface area (Å²) in [6, 6.07) is 9.01. The van der Waals surface area contributed by atoms with Crippen molar-refractivity contribution in [2.75, 3.05) is 31.9 Å². The maximum Gasteiger partial charge on any atom is 0.164 e. The Labute approximate surface area is 181 Å². The summed E-state index contributed by atoms with van der Waals surface area (Å²) in [4.78, 5) is 11.3. The molecule has 0 amide bonds. The highest BCUT2D eigenvalue weighted by molar-refractivity contribution is 5.98. The van der Waals surface area contributed by atoms with Crippen LogP contribution >= 0.6 is 0 Å². The van der Waals surface area contributed by atoms with Crippen LogP contribution in [0.5, 0.6) is 0 Å². The molecule has 3 aliphatic rings. The lowest BCUT2D eigenvalue weighted by atomic mass is 10.1. The highest BCUT2D eigenvalue weighted by Crippen LogP contribution is 2.33. The van der Waals surface area contributed by atoms with Crippen molar-refractivity contribution in [1.82, 2.24) is 30.0 Å². The molecule has 1 aromatic carbocycles. The standard InChI is InChI=1S/C23H29N7O/c24-22-20-21(28-30(23(20)27-14-26-22)17-2-1-9-25-10-17)16-5-3-15(4-6-16)11-29-12-18-7-8-19(13-29)31-18/h3-6,14,17-19,25H,1-2,7-13H2,(H2,24,26,27)/t17-,18?,19?/m1/s1. The van der Waals surface area contributed by atoms with E-state index in [0.717, 1.165) is 67.9 Å². The third kappa shape index (κ3) is 3.58. The molecule has 2 aromatic heterocycles. The predicted molar refractivity (Wildman–Crippen MR) is 119 cm³/mol.